The van der Waals surface area contributed by atoms with E-state index in [1.54, 1.807) is 0 Å². The van der Waals surface area contributed by atoms with E-state index >= 15 is 0 Å². The topological polar surface area (TPSA) is 55.0 Å². The molecule has 2 unspecified atom stereocenters. The van der Waals surface area contributed by atoms with Crippen LogP contribution in [0.15, 0.2) is 6.07 Å². The molecule has 0 aromatic carbocycles. The maximum atomic E-state index is 5.91. The zero-order valence-corrected chi connectivity index (χ0v) is 11.8. The van der Waals surface area contributed by atoms with Gasteiger partial charge in [0.2, 0.25) is 0 Å². The zero-order chi connectivity index (χ0) is 13.3. The normalized spacial score (nSPS) is 24.6. The molecule has 18 heavy (non-hydrogen) atoms. The molecule has 2 N–H and O–H groups in total. The highest BCUT2D eigenvalue weighted by molar-refractivity contribution is 5.48. The van der Waals surface area contributed by atoms with Crippen molar-refractivity contribution >= 4 is 11.6 Å². The van der Waals surface area contributed by atoms with Crippen molar-refractivity contribution in [3.63, 3.8) is 0 Å². The van der Waals surface area contributed by atoms with E-state index in [2.05, 4.69) is 42.6 Å². The lowest BCUT2D eigenvalue weighted by molar-refractivity contribution is 0.387. The van der Waals surface area contributed by atoms with Crippen molar-refractivity contribution in [2.45, 2.75) is 52.5 Å². The molecule has 4 heteroatoms. The third-order valence-corrected chi connectivity index (χ3v) is 3.68. The first-order valence-corrected chi connectivity index (χ1v) is 6.88. The van der Waals surface area contributed by atoms with Crippen molar-refractivity contribution in [1.29, 1.82) is 0 Å². The second-order valence-electron chi connectivity index (χ2n) is 5.85. The van der Waals surface area contributed by atoms with Gasteiger partial charge >= 0.3 is 0 Å². The number of hydrogen-bond acceptors (Lipinski definition) is 4. The van der Waals surface area contributed by atoms with Crippen molar-refractivity contribution in [1.82, 2.24) is 9.97 Å². The van der Waals surface area contributed by atoms with Crippen LogP contribution in [0.4, 0.5) is 11.6 Å². The third-order valence-electron chi connectivity index (χ3n) is 3.68. The minimum atomic E-state index is 0.310. The number of nitrogens with zero attached hydrogens (tertiary/aromatic N) is 3. The van der Waals surface area contributed by atoms with Gasteiger partial charge in [0.05, 0.1) is 0 Å². The number of rotatable bonds is 2. The SMILES string of the molecule is CC1CCC(C)N(c2cc(N)nc(C(C)C)n2)C1. The Kier molecular flexibility index (Phi) is 3.73. The van der Waals surface area contributed by atoms with Crippen LogP contribution in [0.2, 0.25) is 0 Å². The predicted molar refractivity (Wildman–Crippen MR) is 75.7 cm³/mol. The lowest BCUT2D eigenvalue weighted by atomic mass is 9.95. The fourth-order valence-corrected chi connectivity index (χ4v) is 2.48. The minimum absolute atomic E-state index is 0.310. The third kappa shape index (κ3) is 2.74. The van der Waals surface area contributed by atoms with Crippen LogP contribution >= 0.6 is 0 Å². The second kappa shape index (κ2) is 5.12. The standard InChI is InChI=1S/C14H24N4/c1-9(2)14-16-12(15)7-13(17-14)18-8-10(3)5-6-11(18)4/h7,9-11H,5-6,8H2,1-4H3,(H2,15,16,17). The number of aromatic nitrogens is 2. The summed E-state index contributed by atoms with van der Waals surface area (Å²) in [4.78, 5) is 11.4. The number of piperidine rings is 1. The first-order valence-electron chi connectivity index (χ1n) is 6.88. The molecule has 2 rings (SSSR count). The van der Waals surface area contributed by atoms with E-state index in [0.717, 1.165) is 24.1 Å². The van der Waals surface area contributed by atoms with Gasteiger partial charge in [-0.15, -0.1) is 0 Å². The number of hydrogen-bond donors (Lipinski definition) is 1. The van der Waals surface area contributed by atoms with Crippen molar-refractivity contribution in [2.24, 2.45) is 5.92 Å². The van der Waals surface area contributed by atoms with Crippen LogP contribution in [-0.4, -0.2) is 22.6 Å². The van der Waals surface area contributed by atoms with Gasteiger partial charge in [0, 0.05) is 24.6 Å². The van der Waals surface area contributed by atoms with Gasteiger partial charge in [0.1, 0.15) is 17.5 Å². The highest BCUT2D eigenvalue weighted by atomic mass is 15.2. The maximum absolute atomic E-state index is 5.91. The summed E-state index contributed by atoms with van der Waals surface area (Å²) in [6.45, 7) is 9.82. The Labute approximate surface area is 110 Å². The van der Waals surface area contributed by atoms with Crippen LogP contribution in [0.5, 0.6) is 0 Å². The van der Waals surface area contributed by atoms with E-state index in [1.807, 2.05) is 6.07 Å². The molecule has 0 saturated carbocycles. The molecule has 2 heterocycles. The molecular weight excluding hydrogens is 224 g/mol. The van der Waals surface area contributed by atoms with Gasteiger partial charge in [-0.2, -0.15) is 0 Å². The Hall–Kier alpha value is -1.32. The zero-order valence-electron chi connectivity index (χ0n) is 11.8. The molecule has 1 aliphatic rings. The summed E-state index contributed by atoms with van der Waals surface area (Å²) in [5.74, 6) is 3.44. The summed E-state index contributed by atoms with van der Waals surface area (Å²) in [6.07, 6.45) is 2.53. The summed E-state index contributed by atoms with van der Waals surface area (Å²) < 4.78 is 0. The Morgan fingerprint density at radius 1 is 1.28 bits per heavy atom. The largest absolute Gasteiger partial charge is 0.384 e. The van der Waals surface area contributed by atoms with E-state index < -0.39 is 0 Å². The molecule has 1 fully saturated rings. The molecule has 0 aliphatic carbocycles. The number of nitrogen functional groups attached to an aromatic ring is 1. The molecule has 1 saturated heterocycles. The molecule has 0 bridgehead atoms. The summed E-state index contributed by atoms with van der Waals surface area (Å²) >= 11 is 0. The summed E-state index contributed by atoms with van der Waals surface area (Å²) in [6, 6.07) is 2.44. The average Bonchev–Trinajstić information content (AvgIpc) is 2.31. The average molecular weight is 248 g/mol. The van der Waals surface area contributed by atoms with Crippen LogP contribution in [0.1, 0.15) is 52.3 Å². The van der Waals surface area contributed by atoms with E-state index in [4.69, 9.17) is 5.73 Å². The van der Waals surface area contributed by atoms with Crippen molar-refractivity contribution in [2.75, 3.05) is 17.2 Å². The Morgan fingerprint density at radius 2 is 2.00 bits per heavy atom. The first kappa shape index (κ1) is 13.1. The molecule has 0 amide bonds. The first-order chi connectivity index (χ1) is 8.47. The molecule has 0 spiro atoms. The second-order valence-corrected chi connectivity index (χ2v) is 5.85. The molecule has 1 aliphatic heterocycles. The molecule has 1 aromatic rings. The monoisotopic (exact) mass is 248 g/mol. The Morgan fingerprint density at radius 3 is 2.67 bits per heavy atom. The molecular formula is C14H24N4. The fourth-order valence-electron chi connectivity index (χ4n) is 2.48. The van der Waals surface area contributed by atoms with Gasteiger partial charge in [-0.1, -0.05) is 20.8 Å². The molecule has 0 radical (unpaired) electrons. The quantitative estimate of drug-likeness (QED) is 0.874. The molecule has 2 atom stereocenters. The number of nitrogens with two attached hydrogens (primary N) is 1. The minimum Gasteiger partial charge on any atom is -0.384 e. The maximum Gasteiger partial charge on any atom is 0.135 e. The summed E-state index contributed by atoms with van der Waals surface area (Å²) in [5.41, 5.74) is 5.91. The van der Waals surface area contributed by atoms with E-state index in [1.165, 1.54) is 12.8 Å². The smallest absolute Gasteiger partial charge is 0.135 e. The predicted octanol–water partition coefficient (Wildman–Crippen LogP) is 2.81. The van der Waals surface area contributed by atoms with Crippen LogP contribution in [-0.2, 0) is 0 Å². The van der Waals surface area contributed by atoms with E-state index in [0.29, 0.717) is 17.8 Å². The van der Waals surface area contributed by atoms with Gasteiger partial charge in [-0.25, -0.2) is 9.97 Å². The lowest BCUT2D eigenvalue weighted by Crippen LogP contribution is -2.41. The van der Waals surface area contributed by atoms with Crippen molar-refractivity contribution < 1.29 is 0 Å². The van der Waals surface area contributed by atoms with Gasteiger partial charge in [0.15, 0.2) is 0 Å². The Bertz CT molecular complexity index is 416. The molecule has 4 nitrogen and oxygen atoms in total. The number of anilines is 2. The molecule has 100 valence electrons. The van der Waals surface area contributed by atoms with E-state index in [-0.39, 0.29) is 0 Å². The van der Waals surface area contributed by atoms with Crippen LogP contribution in [0.25, 0.3) is 0 Å². The summed E-state index contributed by atoms with van der Waals surface area (Å²) in [7, 11) is 0. The van der Waals surface area contributed by atoms with Crippen LogP contribution in [0.3, 0.4) is 0 Å². The van der Waals surface area contributed by atoms with Crippen molar-refractivity contribution in [3.8, 4) is 0 Å². The molecule has 1 aromatic heterocycles. The van der Waals surface area contributed by atoms with Crippen molar-refractivity contribution in [3.05, 3.63) is 11.9 Å². The van der Waals surface area contributed by atoms with Gasteiger partial charge < -0.3 is 10.6 Å². The van der Waals surface area contributed by atoms with Crippen LogP contribution in [0, 0.1) is 5.92 Å². The highest BCUT2D eigenvalue weighted by Crippen LogP contribution is 2.27. The van der Waals surface area contributed by atoms with Gasteiger partial charge in [-0.3, -0.25) is 0 Å². The van der Waals surface area contributed by atoms with Gasteiger partial charge in [0.25, 0.3) is 0 Å². The van der Waals surface area contributed by atoms with Crippen LogP contribution < -0.4 is 10.6 Å². The summed E-state index contributed by atoms with van der Waals surface area (Å²) in [5, 5.41) is 0. The van der Waals surface area contributed by atoms with Gasteiger partial charge in [-0.05, 0) is 25.7 Å². The highest BCUT2D eigenvalue weighted by Gasteiger charge is 2.24. The van der Waals surface area contributed by atoms with E-state index in [9.17, 15) is 0 Å². The lowest BCUT2D eigenvalue weighted by Gasteiger charge is -2.37. The Balaban J connectivity index is 2.31. The fraction of sp³-hybridized carbons (Fsp3) is 0.714.